The van der Waals surface area contributed by atoms with Gasteiger partial charge in [0.1, 0.15) is 46.0 Å². The molecule has 0 aromatic heterocycles. The lowest BCUT2D eigenvalue weighted by atomic mass is 9.90. The predicted octanol–water partition coefficient (Wildman–Crippen LogP) is 18.8. The molecule has 2 aliphatic heterocycles. The first kappa shape index (κ1) is 70.6. The molecule has 8 aromatic rings. The highest BCUT2D eigenvalue weighted by Gasteiger charge is 2.26. The standard InChI is InChI=1S/C80H92N8O12/c1-93-73-53-37-54-42-66-47-59(74(54)94-2)40-60-48-68-44-56(76(60)96-4)38-55-43-67(87-79(91)83-63-27-23-31-71(51-63)99-35-19-15-11-7-8-12-16-20-36-100-72-32-24-28-64(52-72)84-80(92)88-68)46-58(75(55)95-3)39-57(73)45-65(41-53)85-77(89)81-61-25-21-29-69(49-61)97-33-17-13-9-5-6-10-14-18-34-98-70-30-22-26-62(50-70)82-78(90)86-66/h21-32,41-52H,5-20,33-40H2,1-4H3,(H2,81,85,89)(H2,82,86,90)(H2,83,87,91)(H2,84,88,92). The van der Waals surface area contributed by atoms with Crippen LogP contribution in [0, 0.1) is 0 Å². The maximum atomic E-state index is 14.4. The molecule has 20 nitrogen and oxygen atoms in total. The third kappa shape index (κ3) is 20.2. The third-order valence-corrected chi connectivity index (χ3v) is 17.9. The van der Waals surface area contributed by atoms with E-state index in [1.807, 2.05) is 146 Å². The predicted molar refractivity (Wildman–Crippen MR) is 395 cm³/mol. The number of fused-ring (bicyclic) bond motifs is 16. The van der Waals surface area contributed by atoms with Crippen molar-refractivity contribution in [2.75, 3.05) is 97.4 Å². The van der Waals surface area contributed by atoms with Gasteiger partial charge in [0.05, 0.1) is 54.9 Å². The Bertz CT molecular complexity index is 3620. The van der Waals surface area contributed by atoms with Crippen molar-refractivity contribution in [1.82, 2.24) is 0 Å². The molecule has 1 aliphatic carbocycles. The number of rotatable bonds is 4. The summed E-state index contributed by atoms with van der Waals surface area (Å²) in [7, 11) is 6.39. The molecule has 8 aromatic carbocycles. The van der Waals surface area contributed by atoms with E-state index < -0.39 is 24.1 Å². The minimum Gasteiger partial charge on any atom is -0.496 e. The van der Waals surface area contributed by atoms with Gasteiger partial charge in [-0.25, -0.2) is 19.2 Å². The summed E-state index contributed by atoms with van der Waals surface area (Å²) in [5.74, 6) is 4.57. The van der Waals surface area contributed by atoms with E-state index in [1.165, 1.54) is 0 Å². The van der Waals surface area contributed by atoms with Gasteiger partial charge in [0.2, 0.25) is 0 Å². The van der Waals surface area contributed by atoms with Gasteiger partial charge in [-0.05, 0) is 123 Å². The zero-order valence-corrected chi connectivity index (χ0v) is 57.7. The summed E-state index contributed by atoms with van der Waals surface area (Å²) in [6.07, 6.45) is 17.5. The van der Waals surface area contributed by atoms with Crippen molar-refractivity contribution in [2.45, 2.75) is 128 Å². The van der Waals surface area contributed by atoms with E-state index in [4.69, 9.17) is 37.9 Å². The van der Waals surface area contributed by atoms with E-state index in [9.17, 15) is 19.2 Å². The lowest BCUT2D eigenvalue weighted by Crippen LogP contribution is -2.20. The Morgan fingerprint density at radius 1 is 0.240 bits per heavy atom. The maximum absolute atomic E-state index is 14.4. The van der Waals surface area contributed by atoms with Crippen molar-refractivity contribution in [3.63, 3.8) is 0 Å². The highest BCUT2D eigenvalue weighted by Crippen LogP contribution is 2.43. The van der Waals surface area contributed by atoms with Crippen LogP contribution >= 0.6 is 0 Å². The van der Waals surface area contributed by atoms with E-state index in [0.717, 1.165) is 103 Å². The van der Waals surface area contributed by atoms with Crippen LogP contribution in [0.25, 0.3) is 0 Å². The highest BCUT2D eigenvalue weighted by molar-refractivity contribution is 6.02. The second kappa shape index (κ2) is 35.7. The number of anilines is 8. The SMILES string of the molecule is COc1c2cc3cc1Cc1cc4cc(c1OC)Cc1cc(cc(c1OC)Cc1cc(cc(c1OC)C2)NC(=O)Nc1cccc(c1)OCCCCCCCCCCOc1cccc(c1)NC(=O)N3)NC(=O)Nc1cccc(c1)OCCCCCCCCCCOc1cccc(c1)NC(=O)N4. The Morgan fingerprint density at radius 2 is 0.420 bits per heavy atom. The van der Waals surface area contributed by atoms with Crippen LogP contribution in [0.3, 0.4) is 0 Å². The van der Waals surface area contributed by atoms with Crippen molar-refractivity contribution in [3.05, 3.63) is 190 Å². The normalized spacial score (nSPS) is 15.9. The Labute approximate surface area is 585 Å². The molecule has 0 radical (unpaired) electrons. The lowest BCUT2D eigenvalue weighted by Gasteiger charge is -2.23. The smallest absolute Gasteiger partial charge is 0.323 e. The molecule has 0 atom stereocenters. The number of ether oxygens (including phenoxy) is 8. The Hall–Kier alpha value is -10.8. The second-order valence-corrected chi connectivity index (χ2v) is 25.5. The molecule has 2 heterocycles. The number of carbonyl (C=O) groups is 4. The molecule has 0 fully saturated rings. The molecule has 524 valence electrons. The van der Waals surface area contributed by atoms with Crippen molar-refractivity contribution in [1.29, 1.82) is 0 Å². The van der Waals surface area contributed by atoms with Crippen molar-refractivity contribution < 1.29 is 57.1 Å². The second-order valence-electron chi connectivity index (χ2n) is 25.5. The first-order valence-electron chi connectivity index (χ1n) is 35.0. The topological polar surface area (TPSA) is 238 Å². The minimum atomic E-state index is -0.503. The number of hydrogen-bond donors (Lipinski definition) is 8. The molecular formula is C80H92N8O12. The monoisotopic (exact) mass is 1360 g/mol. The molecule has 20 bridgehead atoms. The molecule has 0 spiro atoms. The van der Waals surface area contributed by atoms with Crippen LogP contribution < -0.4 is 80.4 Å². The molecule has 0 saturated carbocycles. The van der Waals surface area contributed by atoms with Crippen molar-refractivity contribution in [3.8, 4) is 46.0 Å². The molecule has 3 aliphatic rings. The molecule has 8 amide bonds. The number of methoxy groups -OCH3 is 4. The zero-order chi connectivity index (χ0) is 69.4. The number of nitrogens with one attached hydrogen (secondary N) is 8. The average molecular weight is 1360 g/mol. The fourth-order valence-electron chi connectivity index (χ4n) is 13.3. The Kier molecular flexibility index (Phi) is 25.2. The van der Waals surface area contributed by atoms with Gasteiger partial charge in [-0.15, -0.1) is 0 Å². The first-order valence-corrected chi connectivity index (χ1v) is 35.0. The van der Waals surface area contributed by atoms with Crippen LogP contribution in [0.5, 0.6) is 46.0 Å². The molecule has 0 unspecified atom stereocenters. The van der Waals surface area contributed by atoms with Gasteiger partial charge in [-0.3, -0.25) is 0 Å². The summed E-state index contributed by atoms with van der Waals surface area (Å²) in [5.41, 5.74) is 9.08. The van der Waals surface area contributed by atoms with E-state index in [-0.39, 0.29) is 25.7 Å². The van der Waals surface area contributed by atoms with Crippen molar-refractivity contribution >= 4 is 69.6 Å². The summed E-state index contributed by atoms with van der Waals surface area (Å²) >= 11 is 0. The van der Waals surface area contributed by atoms with Gasteiger partial charge in [0, 0.05) is 140 Å². The largest absolute Gasteiger partial charge is 0.496 e. The van der Waals surface area contributed by atoms with Gasteiger partial charge in [-0.2, -0.15) is 0 Å². The molecule has 8 N–H and O–H groups in total. The molecule has 11 rings (SSSR count). The summed E-state index contributed by atoms with van der Waals surface area (Å²) < 4.78 is 50.6. The van der Waals surface area contributed by atoms with Gasteiger partial charge in [0.15, 0.2) is 0 Å². The number of amides is 8. The Balaban J connectivity index is 1.04. The van der Waals surface area contributed by atoms with E-state index in [2.05, 4.69) is 42.5 Å². The third-order valence-electron chi connectivity index (χ3n) is 17.9. The van der Waals surface area contributed by atoms with Crippen LogP contribution in [0.1, 0.15) is 147 Å². The van der Waals surface area contributed by atoms with Crippen LogP contribution in [-0.4, -0.2) is 79.0 Å². The van der Waals surface area contributed by atoms with Crippen LogP contribution in [-0.2, 0) is 25.7 Å². The minimum absolute atomic E-state index is 0.145. The molecule has 0 saturated heterocycles. The highest BCUT2D eigenvalue weighted by atomic mass is 16.5. The van der Waals surface area contributed by atoms with Gasteiger partial charge in [0.25, 0.3) is 0 Å². The van der Waals surface area contributed by atoms with Crippen molar-refractivity contribution in [2.24, 2.45) is 0 Å². The summed E-state index contributed by atoms with van der Waals surface area (Å²) in [6.45, 7) is 2.21. The number of urea groups is 4. The molecular weight excluding hydrogens is 1260 g/mol. The lowest BCUT2D eigenvalue weighted by molar-refractivity contribution is 0.261. The average Bonchev–Trinajstić information content (AvgIpc) is 0.741. The number of benzene rings is 8. The van der Waals surface area contributed by atoms with Crippen LogP contribution in [0.15, 0.2) is 146 Å². The summed E-state index contributed by atoms with van der Waals surface area (Å²) in [6, 6.07) is 42.3. The number of hydrogen-bond acceptors (Lipinski definition) is 12. The van der Waals surface area contributed by atoms with Crippen LogP contribution in [0.4, 0.5) is 64.7 Å². The summed E-state index contributed by atoms with van der Waals surface area (Å²) in [5, 5.41) is 24.6. The fraction of sp³-hybridized carbons (Fsp3) is 0.350. The zero-order valence-electron chi connectivity index (χ0n) is 57.7. The van der Waals surface area contributed by atoms with E-state index in [1.54, 1.807) is 28.4 Å². The maximum Gasteiger partial charge on any atom is 0.323 e. The van der Waals surface area contributed by atoms with Crippen LogP contribution in [0.2, 0.25) is 0 Å². The van der Waals surface area contributed by atoms with Gasteiger partial charge in [-0.1, -0.05) is 101 Å². The quantitative estimate of drug-likeness (QED) is 0.0821. The van der Waals surface area contributed by atoms with Gasteiger partial charge >= 0.3 is 24.1 Å². The summed E-state index contributed by atoms with van der Waals surface area (Å²) in [4.78, 5) is 57.5. The fourth-order valence-corrected chi connectivity index (χ4v) is 13.3. The van der Waals surface area contributed by atoms with E-state index in [0.29, 0.717) is 162 Å². The van der Waals surface area contributed by atoms with Gasteiger partial charge < -0.3 is 80.4 Å². The van der Waals surface area contributed by atoms with E-state index >= 15 is 0 Å². The Morgan fingerprint density at radius 3 is 0.610 bits per heavy atom. The number of carbonyl (C=O) groups excluding carboxylic acids is 4. The first-order chi connectivity index (χ1) is 48.9. The molecule has 20 heteroatoms. The molecule has 100 heavy (non-hydrogen) atoms.